The third-order valence-electron chi connectivity index (χ3n) is 3.14. The molecule has 2 aromatic rings. The summed E-state index contributed by atoms with van der Waals surface area (Å²) < 4.78 is 44.2. The molecule has 0 fully saturated rings. The van der Waals surface area contributed by atoms with E-state index >= 15 is 0 Å². The Kier molecular flexibility index (Phi) is 6.13. The zero-order chi connectivity index (χ0) is 18.6. The smallest absolute Gasteiger partial charge is 0.417 e. The standard InChI is InChI=1S/C17H12BrClF3NO2/c1-25-15-6-2-10(8-13(15)18)3-7-16(24)23-11-4-5-14(19)12(9-11)17(20,21)22/h2-9H,1H3,(H,23,24). The van der Waals surface area contributed by atoms with Crippen LogP contribution in [0.15, 0.2) is 46.9 Å². The molecule has 0 saturated carbocycles. The molecule has 0 heterocycles. The van der Waals surface area contributed by atoms with Crippen molar-refractivity contribution in [3.05, 3.63) is 63.1 Å². The number of anilines is 1. The maximum atomic E-state index is 12.8. The van der Waals surface area contributed by atoms with Crippen LogP contribution in [-0.4, -0.2) is 13.0 Å². The lowest BCUT2D eigenvalue weighted by Gasteiger charge is -2.11. The van der Waals surface area contributed by atoms with Gasteiger partial charge in [-0.15, -0.1) is 0 Å². The van der Waals surface area contributed by atoms with Gasteiger partial charge in [0, 0.05) is 11.8 Å². The second kappa shape index (κ2) is 7.93. The van der Waals surface area contributed by atoms with E-state index in [2.05, 4.69) is 21.2 Å². The molecule has 25 heavy (non-hydrogen) atoms. The summed E-state index contributed by atoms with van der Waals surface area (Å²) in [6, 6.07) is 8.37. The average molecular weight is 435 g/mol. The van der Waals surface area contributed by atoms with Gasteiger partial charge in [0.2, 0.25) is 5.91 Å². The number of alkyl halides is 3. The minimum atomic E-state index is -4.59. The van der Waals surface area contributed by atoms with Crippen LogP contribution < -0.4 is 10.1 Å². The summed E-state index contributed by atoms with van der Waals surface area (Å²) in [5.41, 5.74) is -0.285. The first-order valence-corrected chi connectivity index (χ1v) is 8.07. The number of carbonyl (C=O) groups is 1. The van der Waals surface area contributed by atoms with Crippen molar-refractivity contribution in [3.63, 3.8) is 0 Å². The lowest BCUT2D eigenvalue weighted by molar-refractivity contribution is -0.137. The Labute approximate surface area is 155 Å². The van der Waals surface area contributed by atoms with Crippen LogP contribution >= 0.6 is 27.5 Å². The molecule has 3 nitrogen and oxygen atoms in total. The lowest BCUT2D eigenvalue weighted by Crippen LogP contribution is -2.11. The number of ether oxygens (including phenoxy) is 1. The van der Waals surface area contributed by atoms with E-state index in [0.717, 1.165) is 17.7 Å². The maximum absolute atomic E-state index is 12.8. The van der Waals surface area contributed by atoms with E-state index in [1.54, 1.807) is 18.2 Å². The molecule has 0 bridgehead atoms. The number of amides is 1. The maximum Gasteiger partial charge on any atom is 0.417 e. The third-order valence-corrected chi connectivity index (χ3v) is 4.09. The van der Waals surface area contributed by atoms with Crippen molar-refractivity contribution in [1.82, 2.24) is 0 Å². The molecule has 132 valence electrons. The average Bonchev–Trinajstić information content (AvgIpc) is 2.54. The minimum absolute atomic E-state index is 0.00212. The van der Waals surface area contributed by atoms with Gasteiger partial charge in [-0.3, -0.25) is 4.79 Å². The molecule has 2 aromatic carbocycles. The van der Waals surface area contributed by atoms with Crippen LogP contribution in [0, 0.1) is 0 Å². The highest BCUT2D eigenvalue weighted by Gasteiger charge is 2.33. The van der Waals surface area contributed by atoms with Gasteiger partial charge in [0.25, 0.3) is 0 Å². The highest BCUT2D eigenvalue weighted by atomic mass is 79.9. The highest BCUT2D eigenvalue weighted by Crippen LogP contribution is 2.36. The van der Waals surface area contributed by atoms with Crippen molar-refractivity contribution >= 4 is 45.2 Å². The van der Waals surface area contributed by atoms with Crippen LogP contribution in [0.25, 0.3) is 6.08 Å². The van der Waals surface area contributed by atoms with Crippen LogP contribution in [0.4, 0.5) is 18.9 Å². The van der Waals surface area contributed by atoms with E-state index in [1.807, 2.05) is 0 Å². The molecule has 0 aliphatic heterocycles. The molecule has 0 atom stereocenters. The minimum Gasteiger partial charge on any atom is -0.496 e. The summed E-state index contributed by atoms with van der Waals surface area (Å²) in [4.78, 5) is 11.9. The Morgan fingerprint density at radius 1 is 1.24 bits per heavy atom. The van der Waals surface area contributed by atoms with Crippen LogP contribution in [0.5, 0.6) is 5.75 Å². The third kappa shape index (κ3) is 5.24. The Hall–Kier alpha value is -1.99. The lowest BCUT2D eigenvalue weighted by atomic mass is 10.2. The van der Waals surface area contributed by atoms with Gasteiger partial charge in [0.1, 0.15) is 5.75 Å². The fraction of sp³-hybridized carbons (Fsp3) is 0.118. The van der Waals surface area contributed by atoms with Crippen molar-refractivity contribution in [2.24, 2.45) is 0 Å². The Morgan fingerprint density at radius 3 is 2.56 bits per heavy atom. The van der Waals surface area contributed by atoms with Gasteiger partial charge in [-0.25, -0.2) is 0 Å². The monoisotopic (exact) mass is 433 g/mol. The van der Waals surface area contributed by atoms with Crippen LogP contribution in [0.1, 0.15) is 11.1 Å². The fourth-order valence-corrected chi connectivity index (χ4v) is 2.75. The first-order chi connectivity index (χ1) is 11.7. The summed E-state index contributed by atoms with van der Waals surface area (Å²) in [5, 5.41) is 1.94. The second-order valence-corrected chi connectivity index (χ2v) is 6.17. The van der Waals surface area contributed by atoms with E-state index in [1.165, 1.54) is 25.3 Å². The Bertz CT molecular complexity index is 822. The van der Waals surface area contributed by atoms with Gasteiger partial charge in [-0.1, -0.05) is 17.7 Å². The normalized spacial score (nSPS) is 11.6. The molecule has 2 rings (SSSR count). The predicted octanol–water partition coefficient (Wildman–Crippen LogP) is 5.78. The summed E-state index contributed by atoms with van der Waals surface area (Å²) in [7, 11) is 1.53. The molecule has 0 spiro atoms. The van der Waals surface area contributed by atoms with E-state index in [4.69, 9.17) is 16.3 Å². The fourth-order valence-electron chi connectivity index (χ4n) is 1.96. The topological polar surface area (TPSA) is 38.3 Å². The molecule has 8 heteroatoms. The van der Waals surface area contributed by atoms with Crippen molar-refractivity contribution in [2.75, 3.05) is 12.4 Å². The Balaban J connectivity index is 2.11. The molecule has 0 radical (unpaired) electrons. The van der Waals surface area contributed by atoms with Crippen molar-refractivity contribution < 1.29 is 22.7 Å². The summed E-state index contributed by atoms with van der Waals surface area (Å²) >= 11 is 8.86. The SMILES string of the molecule is COc1ccc(C=CC(=O)Nc2ccc(Cl)c(C(F)(F)F)c2)cc1Br. The first kappa shape index (κ1) is 19.3. The zero-order valence-corrected chi connectivity index (χ0v) is 15.2. The highest BCUT2D eigenvalue weighted by molar-refractivity contribution is 9.10. The Morgan fingerprint density at radius 2 is 1.96 bits per heavy atom. The number of carbonyl (C=O) groups excluding carboxylic acids is 1. The van der Waals surface area contributed by atoms with Gasteiger partial charge in [-0.05, 0) is 57.9 Å². The van der Waals surface area contributed by atoms with Crippen molar-refractivity contribution in [1.29, 1.82) is 0 Å². The van der Waals surface area contributed by atoms with E-state index < -0.39 is 22.7 Å². The number of hydrogen-bond donors (Lipinski definition) is 1. The van der Waals surface area contributed by atoms with Crippen molar-refractivity contribution in [3.8, 4) is 5.75 Å². The molecule has 0 aliphatic carbocycles. The number of rotatable bonds is 4. The van der Waals surface area contributed by atoms with Gasteiger partial charge >= 0.3 is 6.18 Å². The summed E-state index contributed by atoms with van der Waals surface area (Å²) in [6.45, 7) is 0. The molecular weight excluding hydrogens is 423 g/mol. The predicted molar refractivity (Wildman–Crippen MR) is 94.8 cm³/mol. The first-order valence-electron chi connectivity index (χ1n) is 6.90. The van der Waals surface area contributed by atoms with E-state index in [0.29, 0.717) is 10.2 Å². The molecular formula is C17H12BrClF3NO2. The largest absolute Gasteiger partial charge is 0.496 e. The van der Waals surface area contributed by atoms with Crippen LogP contribution in [0.2, 0.25) is 5.02 Å². The van der Waals surface area contributed by atoms with E-state index in [9.17, 15) is 18.0 Å². The molecule has 1 amide bonds. The van der Waals surface area contributed by atoms with Crippen LogP contribution in [-0.2, 0) is 11.0 Å². The summed E-state index contributed by atoms with van der Waals surface area (Å²) in [6.07, 6.45) is -1.85. The molecule has 0 saturated heterocycles. The number of halogens is 5. The molecule has 0 aromatic heterocycles. The van der Waals surface area contributed by atoms with Crippen molar-refractivity contribution in [2.45, 2.75) is 6.18 Å². The van der Waals surface area contributed by atoms with Crippen LogP contribution in [0.3, 0.4) is 0 Å². The quantitative estimate of drug-likeness (QED) is 0.619. The van der Waals surface area contributed by atoms with Gasteiger partial charge in [0.05, 0.1) is 22.2 Å². The summed E-state index contributed by atoms with van der Waals surface area (Å²) in [5.74, 6) is 0.0739. The van der Waals surface area contributed by atoms with Gasteiger partial charge in [0.15, 0.2) is 0 Å². The second-order valence-electron chi connectivity index (χ2n) is 4.91. The molecule has 0 aliphatic rings. The number of nitrogens with one attached hydrogen (secondary N) is 1. The number of benzene rings is 2. The zero-order valence-electron chi connectivity index (χ0n) is 12.8. The number of hydrogen-bond acceptors (Lipinski definition) is 2. The van der Waals surface area contributed by atoms with Gasteiger partial charge < -0.3 is 10.1 Å². The molecule has 0 unspecified atom stereocenters. The van der Waals surface area contributed by atoms with Gasteiger partial charge in [-0.2, -0.15) is 13.2 Å². The van der Waals surface area contributed by atoms with E-state index in [-0.39, 0.29) is 5.69 Å². The number of methoxy groups -OCH3 is 1. The molecule has 1 N–H and O–H groups in total.